The first kappa shape index (κ1) is 15.1. The minimum atomic E-state index is -2.86. The largest absolute Gasteiger partial charge is 0.338 e. The van der Waals surface area contributed by atoms with Crippen LogP contribution in [-0.4, -0.2) is 63.6 Å². The number of carbonyl (C=O) groups is 1. The highest BCUT2D eigenvalue weighted by atomic mass is 32.2. The van der Waals surface area contributed by atoms with Crippen LogP contribution in [0.1, 0.15) is 25.7 Å². The van der Waals surface area contributed by atoms with E-state index in [0.717, 1.165) is 45.4 Å². The van der Waals surface area contributed by atoms with Gasteiger partial charge in [0.25, 0.3) is 0 Å². The Hall–Kier alpha value is -0.820. The summed E-state index contributed by atoms with van der Waals surface area (Å²) in [7, 11) is -2.86. The summed E-state index contributed by atoms with van der Waals surface area (Å²) in [4.78, 5) is 14.2. The Kier molecular flexibility index (Phi) is 4.14. The van der Waals surface area contributed by atoms with Crippen LogP contribution in [0.4, 0.5) is 4.79 Å². The highest BCUT2D eigenvalue weighted by molar-refractivity contribution is 7.91. The summed E-state index contributed by atoms with van der Waals surface area (Å²) in [5.41, 5.74) is 0.319. The zero-order chi connectivity index (χ0) is 14.9. The van der Waals surface area contributed by atoms with Crippen molar-refractivity contribution in [1.82, 2.24) is 15.5 Å². The van der Waals surface area contributed by atoms with Crippen LogP contribution in [0.15, 0.2) is 0 Å². The van der Waals surface area contributed by atoms with Crippen LogP contribution in [0.5, 0.6) is 0 Å². The van der Waals surface area contributed by atoms with Gasteiger partial charge in [0.05, 0.1) is 11.5 Å². The average molecular weight is 315 g/mol. The van der Waals surface area contributed by atoms with Crippen LogP contribution in [0.25, 0.3) is 0 Å². The van der Waals surface area contributed by atoms with Crippen molar-refractivity contribution in [3.63, 3.8) is 0 Å². The number of piperidine rings is 1. The van der Waals surface area contributed by atoms with E-state index in [0.29, 0.717) is 18.4 Å². The number of hydrogen-bond donors (Lipinski definition) is 2. The van der Waals surface area contributed by atoms with Crippen molar-refractivity contribution in [3.8, 4) is 0 Å². The minimum absolute atomic E-state index is 0.0188. The molecule has 2 amide bonds. The number of nitrogens with one attached hydrogen (secondary N) is 2. The molecule has 0 unspecified atom stereocenters. The van der Waals surface area contributed by atoms with Crippen LogP contribution in [0.3, 0.4) is 0 Å². The van der Waals surface area contributed by atoms with Gasteiger partial charge in [-0.05, 0) is 50.1 Å². The Morgan fingerprint density at radius 1 is 1.29 bits per heavy atom. The van der Waals surface area contributed by atoms with Crippen LogP contribution < -0.4 is 10.6 Å². The van der Waals surface area contributed by atoms with Gasteiger partial charge < -0.3 is 15.5 Å². The van der Waals surface area contributed by atoms with E-state index >= 15 is 0 Å². The van der Waals surface area contributed by atoms with Gasteiger partial charge in [-0.15, -0.1) is 0 Å². The molecule has 21 heavy (non-hydrogen) atoms. The molecule has 120 valence electrons. The van der Waals surface area contributed by atoms with Gasteiger partial charge in [0.1, 0.15) is 0 Å². The molecule has 3 fully saturated rings. The summed E-state index contributed by atoms with van der Waals surface area (Å²) in [6.45, 7) is 4.27. The normalized spacial score (nSPS) is 30.7. The third kappa shape index (κ3) is 3.51. The third-order valence-electron chi connectivity index (χ3n) is 5.26. The monoisotopic (exact) mass is 315 g/mol. The molecule has 0 bridgehead atoms. The van der Waals surface area contributed by atoms with Crippen LogP contribution in [0, 0.1) is 11.3 Å². The molecule has 0 saturated carbocycles. The second-order valence-electron chi connectivity index (χ2n) is 6.88. The van der Waals surface area contributed by atoms with Gasteiger partial charge in [0.2, 0.25) is 0 Å². The molecular formula is C14H25N3O3S. The fourth-order valence-corrected chi connectivity index (χ4v) is 5.71. The lowest BCUT2D eigenvalue weighted by atomic mass is 9.78. The van der Waals surface area contributed by atoms with E-state index in [1.165, 1.54) is 0 Å². The number of urea groups is 1. The molecule has 0 radical (unpaired) electrons. The van der Waals surface area contributed by atoms with E-state index in [2.05, 4.69) is 10.6 Å². The highest BCUT2D eigenvalue weighted by Crippen LogP contribution is 2.38. The summed E-state index contributed by atoms with van der Waals surface area (Å²) in [5.74, 6) is 0.588. The first-order valence-electron chi connectivity index (χ1n) is 7.92. The van der Waals surface area contributed by atoms with Crippen LogP contribution in [0.2, 0.25) is 0 Å². The molecule has 2 N–H and O–H groups in total. The number of sulfone groups is 1. The van der Waals surface area contributed by atoms with Gasteiger partial charge in [0.15, 0.2) is 9.84 Å². The molecule has 3 aliphatic rings. The average Bonchev–Trinajstić information content (AvgIpc) is 3.01. The van der Waals surface area contributed by atoms with Gasteiger partial charge in [-0.2, -0.15) is 0 Å². The van der Waals surface area contributed by atoms with Crippen molar-refractivity contribution < 1.29 is 13.2 Å². The van der Waals surface area contributed by atoms with Gasteiger partial charge in [-0.1, -0.05) is 0 Å². The Morgan fingerprint density at radius 3 is 2.71 bits per heavy atom. The molecule has 3 saturated heterocycles. The zero-order valence-electron chi connectivity index (χ0n) is 12.4. The number of amides is 2. The van der Waals surface area contributed by atoms with E-state index in [9.17, 15) is 13.2 Å². The fraction of sp³-hybridized carbons (Fsp3) is 0.929. The molecule has 3 heterocycles. The molecule has 0 aromatic heterocycles. The SMILES string of the molecule is O=C(NC[C@@H]1CCS(=O)(=O)C1)N1CCC2(CCNCC2)C1. The van der Waals surface area contributed by atoms with Crippen molar-refractivity contribution in [2.45, 2.75) is 25.7 Å². The van der Waals surface area contributed by atoms with Gasteiger partial charge >= 0.3 is 6.03 Å². The number of rotatable bonds is 2. The van der Waals surface area contributed by atoms with Gasteiger partial charge in [-0.3, -0.25) is 0 Å². The molecule has 6 nitrogen and oxygen atoms in total. The predicted octanol–water partition coefficient (Wildman–Crippen LogP) is 0.206. The van der Waals surface area contributed by atoms with Gasteiger partial charge in [-0.25, -0.2) is 13.2 Å². The molecule has 3 rings (SSSR count). The maximum Gasteiger partial charge on any atom is 0.317 e. The van der Waals surface area contributed by atoms with E-state index in [1.54, 1.807) is 0 Å². The molecule has 3 aliphatic heterocycles. The smallest absolute Gasteiger partial charge is 0.317 e. The molecule has 1 spiro atoms. The van der Waals surface area contributed by atoms with Crippen molar-refractivity contribution in [2.24, 2.45) is 11.3 Å². The third-order valence-corrected chi connectivity index (χ3v) is 7.10. The topological polar surface area (TPSA) is 78.5 Å². The summed E-state index contributed by atoms with van der Waals surface area (Å²) in [6.07, 6.45) is 4.08. The van der Waals surface area contributed by atoms with E-state index in [-0.39, 0.29) is 23.5 Å². The second kappa shape index (κ2) is 5.76. The van der Waals surface area contributed by atoms with Gasteiger partial charge in [0, 0.05) is 19.6 Å². The Balaban J connectivity index is 1.46. The Morgan fingerprint density at radius 2 is 2.05 bits per heavy atom. The first-order valence-corrected chi connectivity index (χ1v) is 9.74. The molecule has 7 heteroatoms. The van der Waals surface area contributed by atoms with E-state index in [4.69, 9.17) is 0 Å². The quantitative estimate of drug-likeness (QED) is 0.763. The Bertz CT molecular complexity index is 500. The van der Waals surface area contributed by atoms with E-state index < -0.39 is 9.84 Å². The molecule has 0 aliphatic carbocycles. The first-order chi connectivity index (χ1) is 9.98. The maximum atomic E-state index is 12.2. The summed E-state index contributed by atoms with van der Waals surface area (Å²) >= 11 is 0. The van der Waals surface area contributed by atoms with Crippen LogP contribution >= 0.6 is 0 Å². The zero-order valence-corrected chi connectivity index (χ0v) is 13.3. The summed E-state index contributed by atoms with van der Waals surface area (Å²) in [6, 6.07) is -0.0188. The molecule has 1 atom stereocenters. The summed E-state index contributed by atoms with van der Waals surface area (Å²) in [5, 5.41) is 6.31. The van der Waals surface area contributed by atoms with Crippen molar-refractivity contribution in [3.05, 3.63) is 0 Å². The van der Waals surface area contributed by atoms with Crippen LogP contribution in [-0.2, 0) is 9.84 Å². The second-order valence-corrected chi connectivity index (χ2v) is 9.11. The fourth-order valence-electron chi connectivity index (χ4n) is 3.85. The lowest BCUT2D eigenvalue weighted by Gasteiger charge is -2.33. The van der Waals surface area contributed by atoms with Crippen molar-refractivity contribution in [2.75, 3.05) is 44.2 Å². The number of hydrogen-bond acceptors (Lipinski definition) is 4. The van der Waals surface area contributed by atoms with Crippen molar-refractivity contribution in [1.29, 1.82) is 0 Å². The van der Waals surface area contributed by atoms with E-state index in [1.807, 2.05) is 4.90 Å². The number of likely N-dealkylation sites (tertiary alicyclic amines) is 1. The molecular weight excluding hydrogens is 290 g/mol. The summed E-state index contributed by atoms with van der Waals surface area (Å²) < 4.78 is 22.8. The lowest BCUT2D eigenvalue weighted by Crippen LogP contribution is -2.43. The molecule has 0 aromatic rings. The lowest BCUT2D eigenvalue weighted by molar-refractivity contribution is 0.182. The predicted molar refractivity (Wildman–Crippen MR) is 80.9 cm³/mol. The standard InChI is InChI=1S/C14H25N3O3S/c18-13(16-9-12-1-8-21(19,20)10-12)17-7-4-14(11-17)2-5-15-6-3-14/h12,15H,1-11H2,(H,16,18)/t12-/m0/s1. The molecule has 0 aromatic carbocycles. The number of carbonyl (C=O) groups excluding carboxylic acids is 1. The Labute approximate surface area is 126 Å². The maximum absolute atomic E-state index is 12.2. The number of nitrogens with zero attached hydrogens (tertiary/aromatic N) is 1. The highest BCUT2D eigenvalue weighted by Gasteiger charge is 2.40. The van der Waals surface area contributed by atoms with Crippen molar-refractivity contribution >= 4 is 15.9 Å². The minimum Gasteiger partial charge on any atom is -0.338 e.